The maximum Gasteiger partial charge on any atom is 0.108 e. The molecular formula is C14H23N3O. The van der Waals surface area contributed by atoms with Gasteiger partial charge in [0.15, 0.2) is 0 Å². The van der Waals surface area contributed by atoms with Crippen LogP contribution in [-0.4, -0.2) is 48.8 Å². The highest BCUT2D eigenvalue weighted by Gasteiger charge is 2.44. The first-order chi connectivity index (χ1) is 8.81. The predicted molar refractivity (Wildman–Crippen MR) is 69.1 cm³/mol. The van der Waals surface area contributed by atoms with E-state index in [1.54, 1.807) is 0 Å². The van der Waals surface area contributed by atoms with Crippen LogP contribution in [0.2, 0.25) is 0 Å². The molecule has 1 aliphatic heterocycles. The molecule has 1 N–H and O–H groups in total. The molecule has 1 heterocycles. The molecule has 2 atom stereocenters. The molecule has 0 radical (unpaired) electrons. The molecule has 0 aromatic heterocycles. The molecule has 0 bridgehead atoms. The van der Waals surface area contributed by atoms with E-state index in [-0.39, 0.29) is 5.54 Å². The largest absolute Gasteiger partial charge is 0.380 e. The number of ether oxygens (including phenoxy) is 1. The van der Waals surface area contributed by atoms with Crippen molar-refractivity contribution in [3.63, 3.8) is 0 Å². The first-order valence-electron chi connectivity index (χ1n) is 7.32. The Morgan fingerprint density at radius 2 is 2.11 bits per heavy atom. The third-order valence-electron chi connectivity index (χ3n) is 4.53. The van der Waals surface area contributed by atoms with Crippen LogP contribution in [0.5, 0.6) is 0 Å². The number of hydrogen-bond acceptors (Lipinski definition) is 4. The highest BCUT2D eigenvalue weighted by atomic mass is 16.5. The molecule has 0 aromatic carbocycles. The molecule has 4 heteroatoms. The summed E-state index contributed by atoms with van der Waals surface area (Å²) in [6, 6.07) is 3.77. The number of nitriles is 1. The van der Waals surface area contributed by atoms with Gasteiger partial charge in [0, 0.05) is 31.8 Å². The van der Waals surface area contributed by atoms with Crippen molar-refractivity contribution in [2.75, 3.05) is 26.3 Å². The molecule has 18 heavy (non-hydrogen) atoms. The molecule has 3 aliphatic rings. The lowest BCUT2D eigenvalue weighted by Crippen LogP contribution is -2.45. The Kier molecular flexibility index (Phi) is 3.56. The maximum atomic E-state index is 9.51. The topological polar surface area (TPSA) is 48.3 Å². The lowest BCUT2D eigenvalue weighted by atomic mass is 9.99. The Balaban J connectivity index is 1.60. The Morgan fingerprint density at radius 1 is 1.22 bits per heavy atom. The van der Waals surface area contributed by atoms with Gasteiger partial charge in [0.2, 0.25) is 0 Å². The summed E-state index contributed by atoms with van der Waals surface area (Å²) >= 11 is 0. The summed E-state index contributed by atoms with van der Waals surface area (Å²) in [5, 5.41) is 13.1. The van der Waals surface area contributed by atoms with Crippen LogP contribution in [-0.2, 0) is 4.74 Å². The fraction of sp³-hybridized carbons (Fsp3) is 0.929. The molecule has 0 amide bonds. The Morgan fingerprint density at radius 3 is 2.89 bits per heavy atom. The van der Waals surface area contributed by atoms with E-state index in [0.29, 0.717) is 12.1 Å². The average Bonchev–Trinajstić information content (AvgIpc) is 3.15. The van der Waals surface area contributed by atoms with Crippen LogP contribution in [0, 0.1) is 11.3 Å². The van der Waals surface area contributed by atoms with Gasteiger partial charge in [-0.3, -0.25) is 10.2 Å². The highest BCUT2D eigenvalue weighted by molar-refractivity contribution is 5.15. The van der Waals surface area contributed by atoms with E-state index in [1.165, 1.54) is 12.8 Å². The van der Waals surface area contributed by atoms with E-state index in [9.17, 15) is 5.26 Å². The van der Waals surface area contributed by atoms with Gasteiger partial charge in [-0.15, -0.1) is 0 Å². The highest BCUT2D eigenvalue weighted by Crippen LogP contribution is 2.36. The van der Waals surface area contributed by atoms with E-state index in [2.05, 4.69) is 16.3 Å². The van der Waals surface area contributed by atoms with E-state index in [1.807, 2.05) is 0 Å². The van der Waals surface area contributed by atoms with Crippen LogP contribution < -0.4 is 5.32 Å². The summed E-state index contributed by atoms with van der Waals surface area (Å²) in [5.74, 6) is 0. The minimum atomic E-state index is -0.237. The minimum Gasteiger partial charge on any atom is -0.380 e. The second kappa shape index (κ2) is 5.16. The van der Waals surface area contributed by atoms with Crippen LogP contribution in [0.3, 0.4) is 0 Å². The SMILES string of the molecule is N#CC1(NC2CC2)CCC(N2CCCOCC2)C1. The summed E-state index contributed by atoms with van der Waals surface area (Å²) in [6.45, 7) is 3.92. The number of hydrogen-bond donors (Lipinski definition) is 1. The Bertz CT molecular complexity index is 328. The van der Waals surface area contributed by atoms with Crippen molar-refractivity contribution in [3.05, 3.63) is 0 Å². The average molecular weight is 249 g/mol. The summed E-state index contributed by atoms with van der Waals surface area (Å²) < 4.78 is 5.51. The zero-order valence-corrected chi connectivity index (χ0v) is 11.0. The fourth-order valence-electron chi connectivity index (χ4n) is 3.34. The quantitative estimate of drug-likeness (QED) is 0.818. The van der Waals surface area contributed by atoms with E-state index < -0.39 is 0 Å². The summed E-state index contributed by atoms with van der Waals surface area (Å²) in [6.07, 6.45) is 6.82. The van der Waals surface area contributed by atoms with Crippen molar-refractivity contribution >= 4 is 0 Å². The molecule has 100 valence electrons. The third kappa shape index (κ3) is 2.69. The monoisotopic (exact) mass is 249 g/mol. The van der Waals surface area contributed by atoms with Gasteiger partial charge in [0.05, 0.1) is 12.7 Å². The number of rotatable bonds is 3. The van der Waals surface area contributed by atoms with Crippen molar-refractivity contribution in [2.24, 2.45) is 0 Å². The molecule has 2 unspecified atom stereocenters. The van der Waals surface area contributed by atoms with Crippen molar-refractivity contribution in [2.45, 2.75) is 56.1 Å². The zero-order valence-electron chi connectivity index (χ0n) is 11.0. The molecular weight excluding hydrogens is 226 g/mol. The summed E-state index contributed by atoms with van der Waals surface area (Å²) in [5.41, 5.74) is -0.237. The number of nitrogens with zero attached hydrogens (tertiary/aromatic N) is 2. The van der Waals surface area contributed by atoms with Crippen LogP contribution in [0.25, 0.3) is 0 Å². The van der Waals surface area contributed by atoms with Crippen molar-refractivity contribution in [1.82, 2.24) is 10.2 Å². The third-order valence-corrected chi connectivity index (χ3v) is 4.53. The van der Waals surface area contributed by atoms with E-state index >= 15 is 0 Å². The molecule has 3 rings (SSSR count). The normalized spacial score (nSPS) is 38.3. The van der Waals surface area contributed by atoms with E-state index in [4.69, 9.17) is 4.74 Å². The van der Waals surface area contributed by atoms with Gasteiger partial charge in [0.25, 0.3) is 0 Å². The van der Waals surface area contributed by atoms with Gasteiger partial charge in [-0.05, 0) is 38.5 Å². The van der Waals surface area contributed by atoms with Gasteiger partial charge >= 0.3 is 0 Å². The van der Waals surface area contributed by atoms with Gasteiger partial charge < -0.3 is 4.74 Å². The smallest absolute Gasteiger partial charge is 0.108 e. The summed E-state index contributed by atoms with van der Waals surface area (Å²) in [4.78, 5) is 2.54. The lowest BCUT2D eigenvalue weighted by Gasteiger charge is -2.28. The molecule has 2 saturated carbocycles. The van der Waals surface area contributed by atoms with Crippen molar-refractivity contribution in [1.29, 1.82) is 5.26 Å². The van der Waals surface area contributed by atoms with Crippen LogP contribution >= 0.6 is 0 Å². The Hall–Kier alpha value is -0.630. The zero-order chi connectivity index (χ0) is 12.4. The Labute approximate surface area is 109 Å². The molecule has 3 fully saturated rings. The first-order valence-corrected chi connectivity index (χ1v) is 7.32. The van der Waals surface area contributed by atoms with Crippen LogP contribution in [0.1, 0.15) is 38.5 Å². The van der Waals surface area contributed by atoms with Gasteiger partial charge in [-0.2, -0.15) is 5.26 Å². The maximum absolute atomic E-state index is 9.51. The fourth-order valence-corrected chi connectivity index (χ4v) is 3.34. The predicted octanol–water partition coefficient (Wildman–Crippen LogP) is 1.28. The molecule has 2 aliphatic carbocycles. The second-order valence-corrected chi connectivity index (χ2v) is 6.01. The summed E-state index contributed by atoms with van der Waals surface area (Å²) in [7, 11) is 0. The van der Waals surface area contributed by atoms with Crippen molar-refractivity contribution in [3.8, 4) is 6.07 Å². The molecule has 0 spiro atoms. The van der Waals surface area contributed by atoms with Crippen LogP contribution in [0.15, 0.2) is 0 Å². The van der Waals surface area contributed by atoms with Crippen LogP contribution in [0.4, 0.5) is 0 Å². The van der Waals surface area contributed by atoms with Gasteiger partial charge in [0.1, 0.15) is 5.54 Å². The van der Waals surface area contributed by atoms with Gasteiger partial charge in [-0.25, -0.2) is 0 Å². The molecule has 1 saturated heterocycles. The molecule has 0 aromatic rings. The second-order valence-electron chi connectivity index (χ2n) is 6.01. The number of nitrogens with one attached hydrogen (secondary N) is 1. The van der Waals surface area contributed by atoms with E-state index in [0.717, 1.165) is 52.0 Å². The lowest BCUT2D eigenvalue weighted by molar-refractivity contribution is 0.131. The minimum absolute atomic E-state index is 0.237. The van der Waals surface area contributed by atoms with Gasteiger partial charge in [-0.1, -0.05) is 0 Å². The first kappa shape index (κ1) is 12.4. The standard InChI is InChI=1S/C14H23N3O/c15-11-14(16-12-2-3-12)5-4-13(10-14)17-6-1-8-18-9-7-17/h12-13,16H,1-10H2. The molecule has 4 nitrogen and oxygen atoms in total. The van der Waals surface area contributed by atoms with Crippen molar-refractivity contribution < 1.29 is 4.74 Å².